The Bertz CT molecular complexity index is 9920. The van der Waals surface area contributed by atoms with Crippen LogP contribution in [0.2, 0.25) is 0 Å². The Kier molecular flexibility index (Phi) is 21.6. The van der Waals surface area contributed by atoms with E-state index in [1.807, 2.05) is 12.1 Å². The Morgan fingerprint density at radius 1 is 0.149 bits per heavy atom. The normalized spacial score (nSPS) is 12.6. The van der Waals surface area contributed by atoms with Gasteiger partial charge in [0.2, 0.25) is 0 Å². The molecule has 0 unspecified atom stereocenters. The van der Waals surface area contributed by atoms with E-state index in [9.17, 15) is 0 Å². The van der Waals surface area contributed by atoms with Gasteiger partial charge in [0.25, 0.3) is 0 Å². The zero-order valence-electron chi connectivity index (χ0n) is 82.6. The molecule has 0 aliphatic heterocycles. The van der Waals surface area contributed by atoms with Gasteiger partial charge < -0.3 is 19.1 Å². The van der Waals surface area contributed by atoms with Crippen LogP contribution < -0.4 is 14.7 Å². The number of fused-ring (bicyclic) bond motifs is 25. The Labute approximate surface area is 861 Å². The van der Waals surface area contributed by atoms with E-state index in [1.54, 1.807) is 0 Å². The fourth-order valence-corrected chi connectivity index (χ4v) is 24.0. The van der Waals surface area contributed by atoms with Crippen LogP contribution in [0.3, 0.4) is 0 Å². The molecule has 0 N–H and O–H groups in total. The van der Waals surface area contributed by atoms with Crippen molar-refractivity contribution in [3.8, 4) is 77.9 Å². The van der Waals surface area contributed by atoms with E-state index >= 15 is 0 Å². The Hall–Kier alpha value is -18.7. The van der Waals surface area contributed by atoms with Gasteiger partial charge in [0.15, 0.2) is 0 Å². The topological polar surface area (TPSA) is 22.9 Å². The fraction of sp³-hybridized carbons (Fsp3) is 0.0417. The zero-order chi connectivity index (χ0) is 98.7. The first kappa shape index (κ1) is 88.2. The molecule has 2 aliphatic carbocycles. The van der Waals surface area contributed by atoms with Crippen molar-refractivity contribution in [2.24, 2.45) is 0 Å². The number of hydrogen-bond acceptors (Lipinski definition) is 4. The summed E-state index contributed by atoms with van der Waals surface area (Å²) in [6, 6.07) is 197. The number of furan rings is 1. The molecule has 0 atom stereocenters. The molecule has 2 aliphatic rings. The quantitative estimate of drug-likeness (QED) is 0.101. The standard InChI is InChI=1S/C51H37N.C48H31NO.C45H33N/c1-51(2)48-22-10-9-21-45(48)47-33-46-40(32-49(47)51)26-24-35-23-25-39-29-38(27-28-44(39)50(35)46)37-16-12-20-43(31-37)52(41-17-7-4-8-18-41)42-19-11-15-36(30-42)34-13-5-3-6-14-34;1-3-11-32(12-4-1)34-13-9-17-40(28-34)49(39-15-5-2-6-16-39)41-18-10-14-35(29-41)36-25-26-42-37(27-36)23-21-33-22-24-38-30-47-45(31-44(38)48(33)42)43-19-7-8-20-46(43)50-47;1-45(2)42-19-10-9-18-38(42)40-27-26-39-41(44(40)45)24-22-31-20-21-33-29-36(23-25-37(33)43(31)39)46(34-15-7-4-8-16-34)35-17-11-14-32(28-35)30-12-5-3-6-13-30/h3-33H,1-2H3;1-31H;3-29H,1-2H3. The fourth-order valence-electron chi connectivity index (χ4n) is 24.0. The molecule has 29 rings (SSSR count). The third-order valence-electron chi connectivity index (χ3n) is 31.1. The second kappa shape index (κ2) is 36.3. The van der Waals surface area contributed by atoms with Gasteiger partial charge in [-0.25, -0.2) is 0 Å². The van der Waals surface area contributed by atoms with E-state index in [1.165, 1.54) is 197 Å². The van der Waals surface area contributed by atoms with Crippen LogP contribution in [-0.4, -0.2) is 0 Å². The van der Waals surface area contributed by atoms with Gasteiger partial charge in [0.1, 0.15) is 11.2 Å². The highest BCUT2D eigenvalue weighted by molar-refractivity contribution is 6.26. The first-order valence-corrected chi connectivity index (χ1v) is 51.4. The van der Waals surface area contributed by atoms with Gasteiger partial charge in [-0.2, -0.15) is 0 Å². The molecule has 0 saturated heterocycles. The molecule has 4 heteroatoms. The van der Waals surface area contributed by atoms with E-state index in [-0.39, 0.29) is 10.8 Å². The SMILES string of the molecule is CC1(C)c2ccccc2-c2cc3c(ccc4ccc5cc(-c6cccc(N(c7ccccc7)c7cccc(-c8ccccc8)c7)c6)ccc5c43)cc21.CC1(C)c2ccccc2-c2ccc3c(ccc4ccc5cc(N(c6ccccc6)c6cccc(-c7ccccc7)c6)ccc5c43)c21.c1ccc(-c2cccc(N(c3ccccc3)c3cccc(-c4ccc5c(ccc6ccc7cc8oc9ccccc9c8cc7c65)c4)c3)c2)cc1. The third kappa shape index (κ3) is 15.5. The average Bonchev–Trinajstić information content (AvgIpc) is 1.55. The molecule has 148 heavy (non-hydrogen) atoms. The summed E-state index contributed by atoms with van der Waals surface area (Å²) in [5.41, 5.74) is 35.0. The molecule has 1 heterocycles. The predicted molar refractivity (Wildman–Crippen MR) is 631 cm³/mol. The van der Waals surface area contributed by atoms with Crippen molar-refractivity contribution in [3.63, 3.8) is 0 Å². The third-order valence-corrected chi connectivity index (χ3v) is 31.1. The number of rotatable bonds is 14. The summed E-state index contributed by atoms with van der Waals surface area (Å²) >= 11 is 0. The summed E-state index contributed by atoms with van der Waals surface area (Å²) in [6.45, 7) is 9.47. The highest BCUT2D eigenvalue weighted by Crippen LogP contribution is 2.56. The lowest BCUT2D eigenvalue weighted by atomic mass is 9.79. The Balaban J connectivity index is 0.000000110. The number of hydrogen-bond donors (Lipinski definition) is 0. The molecular formula is C144H101N3O. The van der Waals surface area contributed by atoms with Crippen molar-refractivity contribution in [3.05, 3.63) is 562 Å². The monoisotopic (exact) mass is 1890 g/mol. The van der Waals surface area contributed by atoms with Crippen LogP contribution >= 0.6 is 0 Å². The molecule has 4 nitrogen and oxygen atoms in total. The maximum Gasteiger partial charge on any atom is 0.136 e. The molecule has 0 fully saturated rings. The zero-order valence-corrected chi connectivity index (χ0v) is 82.6. The van der Waals surface area contributed by atoms with Crippen LogP contribution in [0.15, 0.2) is 544 Å². The van der Waals surface area contributed by atoms with Crippen molar-refractivity contribution >= 4 is 170 Å². The lowest BCUT2D eigenvalue weighted by Crippen LogP contribution is -2.15. The molecule has 0 spiro atoms. The summed E-state index contributed by atoms with van der Waals surface area (Å²) in [5, 5.41) is 25.3. The largest absolute Gasteiger partial charge is 0.456 e. The second-order valence-corrected chi connectivity index (χ2v) is 40.5. The van der Waals surface area contributed by atoms with Crippen LogP contribution in [0.5, 0.6) is 0 Å². The first-order chi connectivity index (χ1) is 72.9. The van der Waals surface area contributed by atoms with Gasteiger partial charge in [-0.3, -0.25) is 0 Å². The lowest BCUT2D eigenvalue weighted by molar-refractivity contribution is 0.661. The van der Waals surface area contributed by atoms with E-state index in [2.05, 4.69) is 570 Å². The number of benzene rings is 26. The van der Waals surface area contributed by atoms with Crippen molar-refractivity contribution in [1.82, 2.24) is 0 Å². The van der Waals surface area contributed by atoms with E-state index in [4.69, 9.17) is 4.42 Å². The molecule has 26 aromatic carbocycles. The molecule has 0 bridgehead atoms. The Morgan fingerprint density at radius 3 is 0.919 bits per heavy atom. The summed E-state index contributed by atoms with van der Waals surface area (Å²) in [4.78, 5) is 7.07. The van der Waals surface area contributed by atoms with Crippen molar-refractivity contribution in [1.29, 1.82) is 0 Å². The van der Waals surface area contributed by atoms with Crippen LogP contribution in [0.25, 0.3) is 197 Å². The van der Waals surface area contributed by atoms with Gasteiger partial charge in [-0.05, 0) is 349 Å². The summed E-state index contributed by atoms with van der Waals surface area (Å²) in [7, 11) is 0. The second-order valence-electron chi connectivity index (χ2n) is 40.5. The van der Waals surface area contributed by atoms with Crippen molar-refractivity contribution < 1.29 is 4.42 Å². The van der Waals surface area contributed by atoms with Crippen molar-refractivity contribution in [2.45, 2.75) is 38.5 Å². The number of nitrogens with zero attached hydrogens (tertiary/aromatic N) is 3. The minimum atomic E-state index is -0.0542. The number of para-hydroxylation sites is 4. The van der Waals surface area contributed by atoms with E-state index < -0.39 is 0 Å². The first-order valence-electron chi connectivity index (χ1n) is 51.4. The maximum absolute atomic E-state index is 6.23. The van der Waals surface area contributed by atoms with Gasteiger partial charge in [0.05, 0.1) is 0 Å². The van der Waals surface area contributed by atoms with Gasteiger partial charge in [-0.15, -0.1) is 0 Å². The molecule has 0 radical (unpaired) electrons. The average molecular weight is 1890 g/mol. The number of anilines is 9. The summed E-state index contributed by atoms with van der Waals surface area (Å²) < 4.78 is 6.23. The van der Waals surface area contributed by atoms with Gasteiger partial charge in [0, 0.05) is 72.8 Å². The highest BCUT2D eigenvalue weighted by Gasteiger charge is 2.38. The minimum Gasteiger partial charge on any atom is -0.456 e. The smallest absolute Gasteiger partial charge is 0.136 e. The molecule has 27 aromatic rings. The predicted octanol–water partition coefficient (Wildman–Crippen LogP) is 40.7. The van der Waals surface area contributed by atoms with Gasteiger partial charge in [-0.1, -0.05) is 416 Å². The minimum absolute atomic E-state index is 0.0158. The van der Waals surface area contributed by atoms with E-state index in [0.717, 1.165) is 73.1 Å². The van der Waals surface area contributed by atoms with Crippen LogP contribution in [0, 0.1) is 0 Å². The molecule has 0 saturated carbocycles. The van der Waals surface area contributed by atoms with E-state index in [0.29, 0.717) is 0 Å². The van der Waals surface area contributed by atoms with Crippen LogP contribution in [0.4, 0.5) is 51.2 Å². The maximum atomic E-state index is 6.23. The lowest BCUT2D eigenvalue weighted by Gasteiger charge is -2.26. The molecule has 698 valence electrons. The molecular weight excluding hydrogens is 1790 g/mol. The highest BCUT2D eigenvalue weighted by atomic mass is 16.3. The van der Waals surface area contributed by atoms with Crippen molar-refractivity contribution in [2.75, 3.05) is 14.7 Å². The Morgan fingerprint density at radius 2 is 0.459 bits per heavy atom. The van der Waals surface area contributed by atoms with Crippen LogP contribution in [0.1, 0.15) is 49.9 Å². The summed E-state index contributed by atoms with van der Waals surface area (Å²) in [6.07, 6.45) is 0. The van der Waals surface area contributed by atoms with Gasteiger partial charge >= 0.3 is 0 Å². The molecule has 1 aromatic heterocycles. The summed E-state index contributed by atoms with van der Waals surface area (Å²) in [5.74, 6) is 0. The molecule has 0 amide bonds. The van der Waals surface area contributed by atoms with Crippen LogP contribution in [-0.2, 0) is 10.8 Å².